The highest BCUT2D eigenvalue weighted by molar-refractivity contribution is 7.10. The van der Waals surface area contributed by atoms with Crippen molar-refractivity contribution in [2.45, 2.75) is 116 Å². The first-order valence-corrected chi connectivity index (χ1v) is 25.1. The van der Waals surface area contributed by atoms with E-state index < -0.39 is 34.5 Å². The number of likely N-dealkylation sites (N-methyl/N-ethyl adjacent to an activating group) is 3. The van der Waals surface area contributed by atoms with Gasteiger partial charge >= 0.3 is 12.0 Å². The van der Waals surface area contributed by atoms with E-state index in [2.05, 4.69) is 72.3 Å². The monoisotopic (exact) mass is 927 g/mol. The molecule has 7 rings (SSSR count). The summed E-state index contributed by atoms with van der Waals surface area (Å²) < 4.78 is 14.4. The van der Waals surface area contributed by atoms with Crippen LogP contribution in [0.1, 0.15) is 89.6 Å². The van der Waals surface area contributed by atoms with Gasteiger partial charge in [0.25, 0.3) is 5.91 Å². The van der Waals surface area contributed by atoms with Crippen LogP contribution in [-0.4, -0.2) is 146 Å². The van der Waals surface area contributed by atoms with Crippen molar-refractivity contribution >= 4 is 56.3 Å². The van der Waals surface area contributed by atoms with Gasteiger partial charge in [0, 0.05) is 103 Å². The number of aryl methyl sites for hydroxylation is 1. The standard InChI is InChI=1S/C48H69N9O6SSi/c1-11-56-38-18-17-31-23-34(38)35(42(56)33-16-12-20-49-40(33)30(4)62-10)25-47(5,6)28-63-45(60)48(65)19-14-22-57(52-48)44(59)36(24-39-50-37(31)27-64-39)51-43(58)41(29(2)3)55(9)46(61)54(8)32-15-13-21-53(7)26-32/h12,16-18,20,23,27,29-30,32,36,41,52H,11,13-15,19,21-22,24-26,28H2,1-10,65H3,(H,51,58)/t30-,32+,36-,41-,48-/m0/s1. The van der Waals surface area contributed by atoms with Crippen LogP contribution < -0.4 is 10.7 Å². The van der Waals surface area contributed by atoms with Gasteiger partial charge in [0.05, 0.1) is 34.8 Å². The Morgan fingerprint density at radius 2 is 1.91 bits per heavy atom. The number of cyclic esters (lactones) is 1. The maximum Gasteiger partial charge on any atom is 0.323 e. The molecule has 0 aliphatic carbocycles. The van der Waals surface area contributed by atoms with Crippen LogP contribution in [0, 0.1) is 11.3 Å². The summed E-state index contributed by atoms with van der Waals surface area (Å²) in [6.07, 6.45) is 5.24. The highest BCUT2D eigenvalue weighted by atomic mass is 32.1. The van der Waals surface area contributed by atoms with E-state index in [1.54, 1.807) is 32.3 Å². The number of piperidine rings is 1. The minimum atomic E-state index is -1.07. The number of likely N-dealkylation sites (tertiary alicyclic amines) is 1. The lowest BCUT2D eigenvalue weighted by atomic mass is 9.84. The van der Waals surface area contributed by atoms with Crippen molar-refractivity contribution in [3.05, 3.63) is 58.2 Å². The molecular weight excluding hydrogens is 859 g/mol. The number of ether oxygens (including phenoxy) is 2. The van der Waals surface area contributed by atoms with Gasteiger partial charge in [0.2, 0.25) is 5.91 Å². The molecule has 2 fully saturated rings. The summed E-state index contributed by atoms with van der Waals surface area (Å²) >= 11 is 1.44. The molecule has 0 unspecified atom stereocenters. The van der Waals surface area contributed by atoms with Crippen molar-refractivity contribution in [2.24, 2.45) is 11.3 Å². The zero-order chi connectivity index (χ0) is 47.0. The van der Waals surface area contributed by atoms with Gasteiger partial charge in [-0.1, -0.05) is 33.8 Å². The molecule has 0 radical (unpaired) electrons. The Labute approximate surface area is 391 Å². The van der Waals surface area contributed by atoms with Crippen LogP contribution in [-0.2, 0) is 43.2 Å². The summed E-state index contributed by atoms with van der Waals surface area (Å²) in [5, 5.41) is 7.25. The number of amides is 4. The van der Waals surface area contributed by atoms with Crippen LogP contribution in [0.4, 0.5) is 4.79 Å². The number of rotatable bonds is 9. The third-order valence-corrected chi connectivity index (χ3v) is 15.6. The number of esters is 1. The number of nitrogens with zero attached hydrogens (tertiary/aromatic N) is 7. The van der Waals surface area contributed by atoms with E-state index in [-0.39, 0.29) is 43.0 Å². The van der Waals surface area contributed by atoms with Crippen molar-refractivity contribution in [3.63, 3.8) is 0 Å². The Morgan fingerprint density at radius 3 is 2.62 bits per heavy atom. The molecule has 0 saturated carbocycles. The minimum absolute atomic E-state index is 0.0301. The summed E-state index contributed by atoms with van der Waals surface area (Å²) in [5.41, 5.74) is 9.57. The molecule has 6 heterocycles. The first kappa shape index (κ1) is 48.3. The number of hydrazine groups is 1. The molecule has 4 aromatic rings. The molecule has 0 spiro atoms. The van der Waals surface area contributed by atoms with Gasteiger partial charge in [0.15, 0.2) is 0 Å². The van der Waals surface area contributed by atoms with E-state index >= 15 is 0 Å². The molecule has 4 amide bonds. The first-order valence-electron chi connectivity index (χ1n) is 23.2. The molecule has 2 saturated heterocycles. The van der Waals surface area contributed by atoms with E-state index in [1.165, 1.54) is 21.2 Å². The topological polar surface area (TPSA) is 154 Å². The Hall–Kier alpha value is -4.68. The van der Waals surface area contributed by atoms with Crippen LogP contribution in [0.2, 0.25) is 0 Å². The lowest BCUT2D eigenvalue weighted by Crippen LogP contribution is -2.67. The van der Waals surface area contributed by atoms with Crippen molar-refractivity contribution in [1.29, 1.82) is 0 Å². The second-order valence-electron chi connectivity index (χ2n) is 19.7. The summed E-state index contributed by atoms with van der Waals surface area (Å²) in [7, 11) is 7.59. The summed E-state index contributed by atoms with van der Waals surface area (Å²) in [5.74, 6) is -1.45. The fourth-order valence-corrected chi connectivity index (χ4v) is 11.6. The average Bonchev–Trinajstić information content (AvgIpc) is 3.88. The SMILES string of the molecule is CCn1c(-c2cccnc2[C@H](C)OC)c2c3cc(ccc31)-c1csc(n1)C[C@H](NC(=O)[C@H](C(C)C)N(C)C(=O)N(C)[C@@H]1CCCN(C)C1)C(=O)N1CCC[C@@]([SiH3])(N1)C(=O)OCC(C)(C)C2. The van der Waals surface area contributed by atoms with Crippen LogP contribution in [0.25, 0.3) is 33.4 Å². The number of urea groups is 1. The third-order valence-electron chi connectivity index (χ3n) is 13.6. The smallest absolute Gasteiger partial charge is 0.323 e. The van der Waals surface area contributed by atoms with Crippen molar-refractivity contribution in [1.82, 2.24) is 45.0 Å². The fraction of sp³-hybridized carbons (Fsp3) is 0.583. The van der Waals surface area contributed by atoms with Gasteiger partial charge in [-0.05, 0) is 95.3 Å². The maximum atomic E-state index is 14.8. The number of fused-ring (bicyclic) bond motifs is 6. The Morgan fingerprint density at radius 1 is 1.14 bits per heavy atom. The van der Waals surface area contributed by atoms with Crippen molar-refractivity contribution < 1.29 is 28.7 Å². The van der Waals surface area contributed by atoms with Crippen LogP contribution >= 0.6 is 11.3 Å². The molecule has 65 heavy (non-hydrogen) atoms. The van der Waals surface area contributed by atoms with E-state index in [0.29, 0.717) is 47.6 Å². The number of aromatic nitrogens is 3. The van der Waals surface area contributed by atoms with Crippen molar-refractivity contribution in [3.8, 4) is 22.5 Å². The van der Waals surface area contributed by atoms with E-state index in [9.17, 15) is 19.2 Å². The number of benzene rings is 1. The van der Waals surface area contributed by atoms with E-state index in [0.717, 1.165) is 70.6 Å². The Bertz CT molecular complexity index is 2400. The van der Waals surface area contributed by atoms with Crippen LogP contribution in [0.5, 0.6) is 0 Å². The van der Waals surface area contributed by atoms with Gasteiger partial charge in [-0.2, -0.15) is 0 Å². The Balaban J connectivity index is 1.29. The lowest BCUT2D eigenvalue weighted by molar-refractivity contribution is -0.158. The zero-order valence-corrected chi connectivity index (χ0v) is 43.0. The number of thiazole rings is 1. The molecular formula is C48H69N9O6SSi. The molecule has 2 N–H and O–H groups in total. The van der Waals surface area contributed by atoms with Gasteiger partial charge < -0.3 is 34.1 Å². The molecule has 1 aromatic carbocycles. The van der Waals surface area contributed by atoms with Gasteiger partial charge in [0.1, 0.15) is 17.2 Å². The minimum Gasteiger partial charge on any atom is -0.464 e. The number of pyridine rings is 1. The van der Waals surface area contributed by atoms with E-state index in [1.807, 2.05) is 32.2 Å². The largest absolute Gasteiger partial charge is 0.464 e. The number of hydrogen-bond acceptors (Lipinski definition) is 11. The molecule has 3 aromatic heterocycles. The number of carbonyl (C=O) groups excluding carboxylic acids is 4. The normalized spacial score (nSPS) is 22.9. The molecule has 352 valence electrons. The number of hydrogen-bond donors (Lipinski definition) is 2. The van der Waals surface area contributed by atoms with E-state index in [4.69, 9.17) is 19.4 Å². The second kappa shape index (κ2) is 19.7. The summed E-state index contributed by atoms with van der Waals surface area (Å²) in [6.45, 7) is 15.2. The number of nitrogens with one attached hydrogen (secondary N) is 2. The fourth-order valence-electron chi connectivity index (χ4n) is 9.98. The van der Waals surface area contributed by atoms with Gasteiger partial charge in [-0.15, -0.1) is 11.3 Å². The molecule has 3 aliphatic heterocycles. The highest BCUT2D eigenvalue weighted by Gasteiger charge is 2.44. The zero-order valence-electron chi connectivity index (χ0n) is 40.2. The van der Waals surface area contributed by atoms with Crippen LogP contribution in [0.15, 0.2) is 41.9 Å². The highest BCUT2D eigenvalue weighted by Crippen LogP contribution is 2.42. The molecule has 3 aliphatic rings. The first-order chi connectivity index (χ1) is 30.9. The van der Waals surface area contributed by atoms with Gasteiger partial charge in [-0.25, -0.2) is 15.2 Å². The Kier molecular flexibility index (Phi) is 14.6. The predicted octanol–water partition coefficient (Wildman–Crippen LogP) is 5.00. The number of carbonyl (C=O) groups is 4. The molecule has 5 atom stereocenters. The quantitative estimate of drug-likeness (QED) is 0.173. The average molecular weight is 928 g/mol. The summed E-state index contributed by atoms with van der Waals surface area (Å²) in [4.78, 5) is 73.0. The second-order valence-corrected chi connectivity index (χ2v) is 22.4. The summed E-state index contributed by atoms with van der Waals surface area (Å²) in [6, 6.07) is 8.39. The lowest BCUT2D eigenvalue weighted by Gasteiger charge is -2.42. The molecule has 15 nitrogen and oxygen atoms in total. The van der Waals surface area contributed by atoms with Crippen LogP contribution in [0.3, 0.4) is 0 Å². The predicted molar refractivity (Wildman–Crippen MR) is 258 cm³/mol. The third kappa shape index (κ3) is 10.0. The maximum absolute atomic E-state index is 14.8. The van der Waals surface area contributed by atoms with Gasteiger partial charge in [-0.3, -0.25) is 24.4 Å². The molecule has 6 bridgehead atoms. The van der Waals surface area contributed by atoms with Crippen molar-refractivity contribution in [2.75, 3.05) is 54.5 Å². The molecule has 17 heteroatoms. The number of methoxy groups -OCH3 is 1.